The molecule has 0 aliphatic heterocycles. The zero-order chi connectivity index (χ0) is 19.0. The minimum Gasteiger partial charge on any atom is -0.455 e. The quantitative estimate of drug-likeness (QED) is 0.342. The second-order valence-corrected chi connectivity index (χ2v) is 6.62. The Morgan fingerprint density at radius 2 is 1.74 bits per heavy atom. The summed E-state index contributed by atoms with van der Waals surface area (Å²) in [5, 5.41) is 5.32. The number of aromatic nitrogens is 1. The Balaban J connectivity index is 2.02. The summed E-state index contributed by atoms with van der Waals surface area (Å²) in [5.41, 5.74) is 6.18. The van der Waals surface area contributed by atoms with Gasteiger partial charge in [0.2, 0.25) is 0 Å². The van der Waals surface area contributed by atoms with Gasteiger partial charge in [0.1, 0.15) is 18.6 Å². The molecule has 0 bridgehead atoms. The van der Waals surface area contributed by atoms with Crippen LogP contribution in [0.4, 0.5) is 0 Å². The summed E-state index contributed by atoms with van der Waals surface area (Å²) in [4.78, 5) is 5.03. The van der Waals surface area contributed by atoms with Crippen molar-refractivity contribution in [3.8, 4) is 22.6 Å². The normalized spacial score (nSPS) is 11.9. The number of hydrogen-bond acceptors (Lipinski definition) is 3. The van der Waals surface area contributed by atoms with Crippen LogP contribution in [-0.2, 0) is 11.9 Å². The molecular formula is C23H22N2O2. The van der Waals surface area contributed by atoms with Gasteiger partial charge in [-0.05, 0) is 26.0 Å². The Labute approximate surface area is 158 Å². The number of furan rings is 1. The molecule has 4 nitrogen and oxygen atoms in total. The number of nitrogens with zero attached hydrogens (tertiary/aromatic N) is 2. The van der Waals surface area contributed by atoms with Gasteiger partial charge in [-0.3, -0.25) is 0 Å². The van der Waals surface area contributed by atoms with Gasteiger partial charge in [0, 0.05) is 40.3 Å². The van der Waals surface area contributed by atoms with Crippen LogP contribution < -0.4 is 0 Å². The van der Waals surface area contributed by atoms with Gasteiger partial charge in [-0.2, -0.15) is 0 Å². The number of fused-ring (bicyclic) bond motifs is 1. The van der Waals surface area contributed by atoms with Crippen molar-refractivity contribution >= 4 is 16.6 Å². The van der Waals surface area contributed by atoms with Crippen LogP contribution in [0.15, 0.2) is 70.2 Å². The van der Waals surface area contributed by atoms with Crippen LogP contribution in [0.1, 0.15) is 18.2 Å². The lowest BCUT2D eigenvalue weighted by Gasteiger charge is -2.04. The van der Waals surface area contributed by atoms with E-state index in [9.17, 15) is 0 Å². The maximum Gasteiger partial charge on any atom is 0.146 e. The second-order valence-electron chi connectivity index (χ2n) is 6.62. The van der Waals surface area contributed by atoms with Crippen LogP contribution in [0.3, 0.4) is 0 Å². The fourth-order valence-corrected chi connectivity index (χ4v) is 3.58. The fraction of sp³-hybridized carbons (Fsp3) is 0.174. The first kappa shape index (κ1) is 17.2. The average molecular weight is 358 g/mol. The lowest BCUT2D eigenvalue weighted by Crippen LogP contribution is -1.97. The molecule has 4 heteroatoms. The van der Waals surface area contributed by atoms with Gasteiger partial charge >= 0.3 is 0 Å². The van der Waals surface area contributed by atoms with Gasteiger partial charge in [0.25, 0.3) is 0 Å². The van der Waals surface area contributed by atoms with E-state index in [1.807, 2.05) is 43.3 Å². The molecule has 136 valence electrons. The van der Waals surface area contributed by atoms with Crippen LogP contribution in [0.5, 0.6) is 0 Å². The molecule has 0 N–H and O–H groups in total. The van der Waals surface area contributed by atoms with Crippen LogP contribution in [0, 0.1) is 6.92 Å². The summed E-state index contributed by atoms with van der Waals surface area (Å²) < 4.78 is 8.60. The number of oxime groups is 1. The van der Waals surface area contributed by atoms with Crippen molar-refractivity contribution in [3.63, 3.8) is 0 Å². The molecule has 2 heterocycles. The molecule has 0 atom stereocenters. The molecule has 0 aliphatic rings. The summed E-state index contributed by atoms with van der Waals surface area (Å²) in [7, 11) is 3.64. The molecule has 0 radical (unpaired) electrons. The Morgan fingerprint density at radius 1 is 1.04 bits per heavy atom. The minimum absolute atomic E-state index is 0.783. The summed E-state index contributed by atoms with van der Waals surface area (Å²) in [6, 6.07) is 20.5. The van der Waals surface area contributed by atoms with Gasteiger partial charge in [0.05, 0.1) is 5.71 Å². The molecule has 0 saturated carbocycles. The van der Waals surface area contributed by atoms with Crippen molar-refractivity contribution in [3.05, 3.63) is 71.9 Å². The predicted molar refractivity (Wildman–Crippen MR) is 110 cm³/mol. The molecule has 2 aromatic carbocycles. The van der Waals surface area contributed by atoms with Gasteiger partial charge in [-0.1, -0.05) is 53.7 Å². The molecule has 0 saturated heterocycles. The Kier molecular flexibility index (Phi) is 4.32. The summed E-state index contributed by atoms with van der Waals surface area (Å²) >= 11 is 0. The van der Waals surface area contributed by atoms with Crippen LogP contribution >= 0.6 is 0 Å². The first-order valence-electron chi connectivity index (χ1n) is 8.93. The Hall–Kier alpha value is -3.27. The molecule has 0 spiro atoms. The predicted octanol–water partition coefficient (Wildman–Crippen LogP) is 5.78. The van der Waals surface area contributed by atoms with E-state index < -0.39 is 0 Å². The molecule has 0 unspecified atom stereocenters. The second kappa shape index (κ2) is 6.80. The van der Waals surface area contributed by atoms with Gasteiger partial charge in [-0.15, -0.1) is 0 Å². The van der Waals surface area contributed by atoms with Crippen molar-refractivity contribution in [1.29, 1.82) is 0 Å². The largest absolute Gasteiger partial charge is 0.455 e. The molecule has 4 rings (SSSR count). The van der Waals surface area contributed by atoms with E-state index >= 15 is 0 Å². The van der Waals surface area contributed by atoms with Crippen molar-refractivity contribution < 1.29 is 9.25 Å². The smallest absolute Gasteiger partial charge is 0.146 e. The number of para-hydroxylation sites is 1. The number of rotatable bonds is 4. The first-order valence-corrected chi connectivity index (χ1v) is 8.93. The van der Waals surface area contributed by atoms with E-state index in [0.29, 0.717) is 0 Å². The van der Waals surface area contributed by atoms with E-state index in [2.05, 4.69) is 48.0 Å². The van der Waals surface area contributed by atoms with E-state index in [1.165, 1.54) is 5.52 Å². The van der Waals surface area contributed by atoms with Gasteiger partial charge in [-0.25, -0.2) is 0 Å². The summed E-state index contributed by atoms with van der Waals surface area (Å²) in [6.45, 7) is 4.06. The van der Waals surface area contributed by atoms with Crippen LogP contribution in [0.2, 0.25) is 0 Å². The maximum atomic E-state index is 6.41. The van der Waals surface area contributed by atoms with E-state index in [0.717, 1.165) is 45.0 Å². The highest BCUT2D eigenvalue weighted by Gasteiger charge is 2.23. The third-order valence-corrected chi connectivity index (χ3v) is 5.04. The maximum absolute atomic E-state index is 6.41. The molecule has 0 aliphatic carbocycles. The lowest BCUT2D eigenvalue weighted by atomic mass is 10.0. The SMILES string of the molecule is CO/N=C(\C)c1cc(-c2ccccc2)oc1-c1c(C)n(C)c2ccccc12. The van der Waals surface area contributed by atoms with Crippen molar-refractivity contribution in [2.24, 2.45) is 12.2 Å². The minimum atomic E-state index is 0.783. The Bertz CT molecular complexity index is 1130. The molecule has 2 aromatic heterocycles. The zero-order valence-electron chi connectivity index (χ0n) is 16.0. The topological polar surface area (TPSA) is 39.7 Å². The molecule has 0 amide bonds. The third-order valence-electron chi connectivity index (χ3n) is 5.04. The fourth-order valence-electron chi connectivity index (χ4n) is 3.58. The lowest BCUT2D eigenvalue weighted by molar-refractivity contribution is 0.213. The highest BCUT2D eigenvalue weighted by atomic mass is 16.6. The molecule has 0 fully saturated rings. The summed E-state index contributed by atoms with van der Waals surface area (Å²) in [5.74, 6) is 1.64. The average Bonchev–Trinajstić information content (AvgIpc) is 3.23. The standard InChI is InChI=1S/C23H22N2O2/c1-15(24-26-4)19-14-21(17-10-6-5-7-11-17)27-23(19)22-16(2)25(3)20-13-9-8-12-18(20)22/h5-14H,1-4H3/b24-15+. The Morgan fingerprint density at radius 3 is 2.48 bits per heavy atom. The van der Waals surface area contributed by atoms with Crippen LogP contribution in [0.25, 0.3) is 33.6 Å². The monoisotopic (exact) mass is 358 g/mol. The zero-order valence-corrected chi connectivity index (χ0v) is 16.0. The molecule has 4 aromatic rings. The van der Waals surface area contributed by atoms with E-state index in [-0.39, 0.29) is 0 Å². The first-order chi connectivity index (χ1) is 13.1. The number of hydrogen-bond donors (Lipinski definition) is 0. The van der Waals surface area contributed by atoms with Crippen molar-refractivity contribution in [2.45, 2.75) is 13.8 Å². The highest BCUT2D eigenvalue weighted by Crippen LogP contribution is 2.39. The van der Waals surface area contributed by atoms with Crippen molar-refractivity contribution in [2.75, 3.05) is 7.11 Å². The summed E-state index contributed by atoms with van der Waals surface area (Å²) in [6.07, 6.45) is 0. The number of benzene rings is 2. The molecular weight excluding hydrogens is 336 g/mol. The van der Waals surface area contributed by atoms with Gasteiger partial charge < -0.3 is 13.8 Å². The van der Waals surface area contributed by atoms with E-state index in [1.54, 1.807) is 7.11 Å². The van der Waals surface area contributed by atoms with E-state index in [4.69, 9.17) is 9.25 Å². The third kappa shape index (κ3) is 2.83. The molecule has 27 heavy (non-hydrogen) atoms. The number of aryl methyl sites for hydroxylation is 1. The van der Waals surface area contributed by atoms with Gasteiger partial charge in [0.15, 0.2) is 0 Å². The highest BCUT2D eigenvalue weighted by molar-refractivity contribution is 6.08. The van der Waals surface area contributed by atoms with Crippen molar-refractivity contribution in [1.82, 2.24) is 4.57 Å². The van der Waals surface area contributed by atoms with Crippen LogP contribution in [-0.4, -0.2) is 17.4 Å².